The second-order valence-corrected chi connectivity index (χ2v) is 7.82. The second-order valence-electron chi connectivity index (χ2n) is 6.08. The number of sulfonamides is 1. The van der Waals surface area contributed by atoms with Crippen LogP contribution in [-0.2, 0) is 10.0 Å². The van der Waals surface area contributed by atoms with Gasteiger partial charge in [-0.05, 0) is 44.7 Å². The Kier molecular flexibility index (Phi) is 5.79. The Balaban J connectivity index is 1.83. The summed E-state index contributed by atoms with van der Waals surface area (Å²) in [6.45, 7) is 7.89. The van der Waals surface area contributed by atoms with Crippen molar-refractivity contribution >= 4 is 10.0 Å². The molecule has 5 heteroatoms. The summed E-state index contributed by atoms with van der Waals surface area (Å²) in [5.74, 6) is 0. The molecule has 1 aliphatic heterocycles. The normalized spacial score (nSPS) is 17.0. The van der Waals surface area contributed by atoms with E-state index in [0.717, 1.165) is 24.1 Å². The monoisotopic (exact) mass is 311 g/mol. The molecule has 1 aromatic rings. The number of hydrogen-bond acceptors (Lipinski definition) is 2. The molecule has 0 atom stereocenters. The lowest BCUT2D eigenvalue weighted by Crippen LogP contribution is -3.12. The maximum absolute atomic E-state index is 12.3. The van der Waals surface area contributed by atoms with E-state index in [-0.39, 0.29) is 0 Å². The fraction of sp³-hybridized carbons (Fsp3) is 0.625. The highest BCUT2D eigenvalue weighted by Gasteiger charge is 2.17. The molecular weight excluding hydrogens is 284 g/mol. The molecule has 0 saturated carbocycles. The molecule has 21 heavy (non-hydrogen) atoms. The minimum absolute atomic E-state index is 0.401. The number of quaternary nitrogens is 1. The summed E-state index contributed by atoms with van der Waals surface area (Å²) in [6, 6.07) is 5.45. The van der Waals surface area contributed by atoms with Gasteiger partial charge in [-0.15, -0.1) is 0 Å². The van der Waals surface area contributed by atoms with Crippen LogP contribution in [0.3, 0.4) is 0 Å². The summed E-state index contributed by atoms with van der Waals surface area (Å²) >= 11 is 0. The SMILES string of the molecule is Cc1ccc(S(=O)(=O)NCCC[NH+]2CCCCC2)c(C)c1. The van der Waals surface area contributed by atoms with E-state index in [0.29, 0.717) is 11.4 Å². The summed E-state index contributed by atoms with van der Waals surface area (Å²) < 4.78 is 27.3. The first-order valence-corrected chi connectivity index (χ1v) is 9.38. The zero-order chi connectivity index (χ0) is 15.3. The molecule has 1 fully saturated rings. The van der Waals surface area contributed by atoms with Crippen LogP contribution < -0.4 is 9.62 Å². The third kappa shape index (κ3) is 4.80. The number of benzene rings is 1. The highest BCUT2D eigenvalue weighted by atomic mass is 32.2. The number of nitrogens with one attached hydrogen (secondary N) is 2. The molecule has 0 unspecified atom stereocenters. The quantitative estimate of drug-likeness (QED) is 0.771. The molecular formula is C16H27N2O2S+. The topological polar surface area (TPSA) is 50.6 Å². The van der Waals surface area contributed by atoms with E-state index in [1.807, 2.05) is 26.0 Å². The van der Waals surface area contributed by atoms with Crippen molar-refractivity contribution in [1.82, 2.24) is 4.72 Å². The van der Waals surface area contributed by atoms with Crippen molar-refractivity contribution < 1.29 is 13.3 Å². The van der Waals surface area contributed by atoms with Gasteiger partial charge < -0.3 is 4.90 Å². The Morgan fingerprint density at radius 3 is 2.52 bits per heavy atom. The van der Waals surface area contributed by atoms with Crippen LogP contribution in [0.15, 0.2) is 23.1 Å². The van der Waals surface area contributed by atoms with Crippen molar-refractivity contribution in [2.45, 2.75) is 44.4 Å². The predicted octanol–water partition coefficient (Wildman–Crippen LogP) is 1.04. The fourth-order valence-electron chi connectivity index (χ4n) is 3.03. The zero-order valence-electron chi connectivity index (χ0n) is 13.1. The van der Waals surface area contributed by atoms with Gasteiger partial charge in [0.1, 0.15) is 0 Å². The highest BCUT2D eigenvalue weighted by molar-refractivity contribution is 7.89. The molecule has 4 nitrogen and oxygen atoms in total. The molecule has 118 valence electrons. The van der Waals surface area contributed by atoms with Gasteiger partial charge in [0, 0.05) is 13.0 Å². The number of rotatable bonds is 6. The first-order chi connectivity index (χ1) is 9.99. The summed E-state index contributed by atoms with van der Waals surface area (Å²) in [5.41, 5.74) is 1.89. The summed E-state index contributed by atoms with van der Waals surface area (Å²) in [4.78, 5) is 2.02. The van der Waals surface area contributed by atoms with Gasteiger partial charge >= 0.3 is 0 Å². The van der Waals surface area contributed by atoms with Gasteiger partial charge in [-0.25, -0.2) is 13.1 Å². The van der Waals surface area contributed by atoms with Crippen molar-refractivity contribution in [3.8, 4) is 0 Å². The molecule has 0 aromatic heterocycles. The van der Waals surface area contributed by atoms with Gasteiger partial charge in [-0.1, -0.05) is 17.7 Å². The van der Waals surface area contributed by atoms with Crippen molar-refractivity contribution in [2.75, 3.05) is 26.2 Å². The first kappa shape index (κ1) is 16.5. The Bertz CT molecular complexity index is 564. The van der Waals surface area contributed by atoms with Crippen LogP contribution in [0.2, 0.25) is 0 Å². The van der Waals surface area contributed by atoms with Gasteiger partial charge in [0.25, 0.3) is 0 Å². The maximum atomic E-state index is 12.3. The third-order valence-corrected chi connectivity index (χ3v) is 5.80. The molecule has 1 aliphatic rings. The number of aryl methyl sites for hydroxylation is 2. The second kappa shape index (κ2) is 7.38. The van der Waals surface area contributed by atoms with Crippen molar-refractivity contribution in [3.05, 3.63) is 29.3 Å². The van der Waals surface area contributed by atoms with Crippen LogP contribution in [0.1, 0.15) is 36.8 Å². The van der Waals surface area contributed by atoms with Crippen LogP contribution in [0.4, 0.5) is 0 Å². The first-order valence-electron chi connectivity index (χ1n) is 7.89. The minimum Gasteiger partial charge on any atom is -0.335 e. The highest BCUT2D eigenvalue weighted by Crippen LogP contribution is 2.15. The third-order valence-electron chi connectivity index (χ3n) is 4.18. The van der Waals surface area contributed by atoms with Crippen molar-refractivity contribution in [2.24, 2.45) is 0 Å². The fourth-order valence-corrected chi connectivity index (χ4v) is 4.32. The van der Waals surface area contributed by atoms with Gasteiger partial charge in [0.05, 0.1) is 24.5 Å². The van der Waals surface area contributed by atoms with E-state index in [9.17, 15) is 8.42 Å². The van der Waals surface area contributed by atoms with Crippen LogP contribution in [0, 0.1) is 13.8 Å². The average molecular weight is 311 g/mol. The number of likely N-dealkylation sites (tertiary alicyclic amines) is 1. The van der Waals surface area contributed by atoms with E-state index < -0.39 is 10.0 Å². The number of hydrogen-bond donors (Lipinski definition) is 2. The molecule has 1 saturated heterocycles. The molecule has 0 aliphatic carbocycles. The molecule has 1 heterocycles. The van der Waals surface area contributed by atoms with E-state index >= 15 is 0 Å². The van der Waals surface area contributed by atoms with Gasteiger partial charge in [0.2, 0.25) is 10.0 Å². The largest absolute Gasteiger partial charge is 0.335 e. The van der Waals surface area contributed by atoms with Gasteiger partial charge in [-0.3, -0.25) is 0 Å². The molecule has 2 rings (SSSR count). The van der Waals surface area contributed by atoms with E-state index in [2.05, 4.69) is 4.72 Å². The van der Waals surface area contributed by atoms with E-state index in [4.69, 9.17) is 0 Å². The molecule has 0 spiro atoms. The molecule has 2 N–H and O–H groups in total. The summed E-state index contributed by atoms with van der Waals surface area (Å²) in [5, 5.41) is 0. The lowest BCUT2D eigenvalue weighted by Gasteiger charge is -2.23. The van der Waals surface area contributed by atoms with Crippen molar-refractivity contribution in [1.29, 1.82) is 0 Å². The Morgan fingerprint density at radius 1 is 1.14 bits per heavy atom. The minimum atomic E-state index is -3.37. The molecule has 0 bridgehead atoms. The predicted molar refractivity (Wildman–Crippen MR) is 85.1 cm³/mol. The van der Waals surface area contributed by atoms with Crippen LogP contribution in [0.25, 0.3) is 0 Å². The average Bonchev–Trinajstić information content (AvgIpc) is 2.44. The number of piperidine rings is 1. The van der Waals surface area contributed by atoms with Gasteiger partial charge in [0.15, 0.2) is 0 Å². The Hall–Kier alpha value is -0.910. The molecule has 0 radical (unpaired) electrons. The smallest absolute Gasteiger partial charge is 0.240 e. The van der Waals surface area contributed by atoms with Crippen LogP contribution in [-0.4, -0.2) is 34.6 Å². The molecule has 1 aromatic carbocycles. The summed E-state index contributed by atoms with van der Waals surface area (Å²) in [7, 11) is -3.37. The maximum Gasteiger partial charge on any atom is 0.240 e. The Labute approximate surface area is 128 Å². The van der Waals surface area contributed by atoms with E-state index in [1.165, 1.54) is 32.4 Å². The summed E-state index contributed by atoms with van der Waals surface area (Å²) in [6.07, 6.45) is 4.87. The lowest BCUT2D eigenvalue weighted by atomic mass is 10.1. The van der Waals surface area contributed by atoms with Gasteiger partial charge in [-0.2, -0.15) is 0 Å². The van der Waals surface area contributed by atoms with Crippen LogP contribution >= 0.6 is 0 Å². The van der Waals surface area contributed by atoms with E-state index in [1.54, 1.807) is 11.0 Å². The van der Waals surface area contributed by atoms with Crippen LogP contribution in [0.5, 0.6) is 0 Å². The zero-order valence-corrected chi connectivity index (χ0v) is 13.9. The standard InChI is InChI=1S/C16H26N2O2S/c1-14-7-8-16(15(2)13-14)21(19,20)17-9-6-12-18-10-4-3-5-11-18/h7-8,13,17H,3-6,9-12H2,1-2H3/p+1. The lowest BCUT2D eigenvalue weighted by molar-refractivity contribution is -0.904. The Morgan fingerprint density at radius 2 is 1.86 bits per heavy atom. The van der Waals surface area contributed by atoms with Crippen molar-refractivity contribution in [3.63, 3.8) is 0 Å². The molecule has 0 amide bonds.